The summed E-state index contributed by atoms with van der Waals surface area (Å²) in [6.45, 7) is 16.8. The number of esters is 1. The van der Waals surface area contributed by atoms with E-state index >= 15 is 0 Å². The van der Waals surface area contributed by atoms with Gasteiger partial charge in [0.05, 0.1) is 17.6 Å². The highest BCUT2D eigenvalue weighted by atomic mass is 32.1. The number of para-hydroxylation sites is 2. The van der Waals surface area contributed by atoms with Gasteiger partial charge in [-0.2, -0.15) is 4.73 Å². The van der Waals surface area contributed by atoms with Crippen LogP contribution in [0.1, 0.15) is 143 Å². The van der Waals surface area contributed by atoms with Gasteiger partial charge < -0.3 is 14.1 Å². The van der Waals surface area contributed by atoms with Crippen LogP contribution in [0.5, 0.6) is 0 Å². The molecule has 10 heteroatoms. The number of unbranched alkanes of at least 4 members (excludes halogenated alkanes) is 16. The maximum atomic E-state index is 12.5. The van der Waals surface area contributed by atoms with E-state index in [1.807, 2.05) is 69.6 Å². The van der Waals surface area contributed by atoms with Crippen molar-refractivity contribution in [1.82, 2.24) is 9.30 Å². The number of aryl methyl sites for hydroxylation is 1. The summed E-state index contributed by atoms with van der Waals surface area (Å²) < 4.78 is 14.6. The average Bonchev–Trinajstić information content (AvgIpc) is 4.34. The summed E-state index contributed by atoms with van der Waals surface area (Å²) in [5, 5.41) is 4.75. The molecule has 6 nitrogen and oxygen atoms in total. The van der Waals surface area contributed by atoms with Crippen molar-refractivity contribution in [2.75, 3.05) is 6.61 Å². The lowest BCUT2D eigenvalue weighted by molar-refractivity contribution is -0.139. The molecular formula is C66H74N2O4S4. The molecule has 10 rings (SSSR count). The summed E-state index contributed by atoms with van der Waals surface area (Å²) in [5.41, 5.74) is 7.60. The number of rotatable bonds is 26. The Morgan fingerprint density at radius 3 is 1.36 bits per heavy atom. The number of nitrogens with zero attached hydrogens (tertiary/aromatic N) is 2. The van der Waals surface area contributed by atoms with E-state index in [2.05, 4.69) is 117 Å². The normalized spacial score (nSPS) is 11.6. The Morgan fingerprint density at radius 2 is 0.829 bits per heavy atom. The number of hydrogen-bond acceptors (Lipinski definition) is 8. The molecule has 10 aromatic rings. The molecule has 396 valence electrons. The van der Waals surface area contributed by atoms with Crippen molar-refractivity contribution in [3.63, 3.8) is 0 Å². The van der Waals surface area contributed by atoms with E-state index in [0.717, 1.165) is 46.8 Å². The molecular weight excluding hydrogens is 1010 g/mol. The second-order valence-electron chi connectivity index (χ2n) is 20.6. The first kappa shape index (κ1) is 55.0. The van der Waals surface area contributed by atoms with E-state index in [9.17, 15) is 9.59 Å². The van der Waals surface area contributed by atoms with Crippen LogP contribution in [0.15, 0.2) is 133 Å². The van der Waals surface area contributed by atoms with E-state index in [0.29, 0.717) is 17.8 Å². The van der Waals surface area contributed by atoms with E-state index in [4.69, 9.17) is 9.57 Å². The highest BCUT2D eigenvalue weighted by molar-refractivity contribution is 7.35. The summed E-state index contributed by atoms with van der Waals surface area (Å²) in [4.78, 5) is 35.0. The van der Waals surface area contributed by atoms with Crippen molar-refractivity contribution >= 4 is 120 Å². The molecule has 0 aliphatic rings. The Bertz CT molecular complexity index is 3540. The van der Waals surface area contributed by atoms with Gasteiger partial charge >= 0.3 is 11.9 Å². The van der Waals surface area contributed by atoms with Crippen LogP contribution in [0.3, 0.4) is 0 Å². The molecule has 0 spiro atoms. The molecule has 0 bridgehead atoms. The van der Waals surface area contributed by atoms with Crippen LogP contribution >= 0.6 is 45.3 Å². The second-order valence-corrected chi connectivity index (χ2v) is 24.9. The first-order valence-corrected chi connectivity index (χ1v) is 31.2. The first-order valence-electron chi connectivity index (χ1n) is 27.9. The topological polar surface area (TPSA) is 62.5 Å². The number of carbonyl (C=O) groups excluding carboxylic acids is 2. The fraction of sp³-hybridized carbons (Fsp3) is 0.364. The van der Waals surface area contributed by atoms with E-state index in [-0.39, 0.29) is 5.97 Å². The minimum Gasteiger partial charge on any atom is -0.462 e. The number of fused-ring (bicyclic) bond motifs is 8. The Hall–Kier alpha value is -5.78. The average molecular weight is 1090 g/mol. The molecule has 6 aromatic heterocycles. The van der Waals surface area contributed by atoms with E-state index < -0.39 is 5.97 Å². The summed E-state index contributed by atoms with van der Waals surface area (Å²) in [7, 11) is 0. The third kappa shape index (κ3) is 13.1. The van der Waals surface area contributed by atoms with Crippen LogP contribution < -0.4 is 4.84 Å². The maximum absolute atomic E-state index is 12.5. The molecule has 0 saturated carbocycles. The fourth-order valence-electron chi connectivity index (χ4n) is 10.3. The quantitative estimate of drug-likeness (QED) is 0.0308. The van der Waals surface area contributed by atoms with Gasteiger partial charge in [-0.05, 0) is 98.5 Å². The van der Waals surface area contributed by atoms with Crippen LogP contribution in [0.25, 0.3) is 93.0 Å². The van der Waals surface area contributed by atoms with Gasteiger partial charge in [0.2, 0.25) is 0 Å². The first-order chi connectivity index (χ1) is 37.1. The summed E-state index contributed by atoms with van der Waals surface area (Å²) >= 11 is 7.47. The Labute approximate surface area is 465 Å². The van der Waals surface area contributed by atoms with Gasteiger partial charge in [-0.1, -0.05) is 178 Å². The van der Waals surface area contributed by atoms with Gasteiger partial charge in [-0.25, -0.2) is 9.59 Å². The molecule has 6 heterocycles. The van der Waals surface area contributed by atoms with Crippen molar-refractivity contribution in [3.8, 4) is 30.6 Å². The summed E-state index contributed by atoms with van der Waals surface area (Å²) in [6.07, 6.45) is 23.7. The van der Waals surface area contributed by atoms with Crippen LogP contribution in [0.2, 0.25) is 0 Å². The Morgan fingerprint density at radius 1 is 0.434 bits per heavy atom. The minimum absolute atomic E-state index is 0.280. The lowest BCUT2D eigenvalue weighted by Gasteiger charge is -2.08. The van der Waals surface area contributed by atoms with Crippen molar-refractivity contribution in [2.24, 2.45) is 0 Å². The zero-order valence-corrected chi connectivity index (χ0v) is 48.4. The summed E-state index contributed by atoms with van der Waals surface area (Å²) in [6, 6.07) is 39.8. The molecule has 0 N–H and O–H groups in total. The van der Waals surface area contributed by atoms with Crippen molar-refractivity contribution in [3.05, 3.63) is 133 Å². The lowest BCUT2D eigenvalue weighted by atomic mass is 10.1. The van der Waals surface area contributed by atoms with Gasteiger partial charge in [0.15, 0.2) is 0 Å². The molecule has 4 aromatic carbocycles. The predicted octanol–water partition coefficient (Wildman–Crippen LogP) is 21.2. The molecule has 0 saturated heterocycles. The van der Waals surface area contributed by atoms with Gasteiger partial charge in [0.1, 0.15) is 0 Å². The maximum Gasteiger partial charge on any atom is 0.358 e. The molecule has 0 aliphatic carbocycles. The van der Waals surface area contributed by atoms with Crippen LogP contribution in [-0.4, -0.2) is 27.8 Å². The van der Waals surface area contributed by atoms with Crippen molar-refractivity contribution < 1.29 is 19.2 Å². The zero-order valence-electron chi connectivity index (χ0n) is 45.1. The highest BCUT2D eigenvalue weighted by Crippen LogP contribution is 2.48. The zero-order chi connectivity index (χ0) is 53.0. The fourth-order valence-corrected chi connectivity index (χ4v) is 15.1. The number of thiophene rings is 4. The lowest BCUT2D eigenvalue weighted by Crippen LogP contribution is -2.19. The molecule has 76 heavy (non-hydrogen) atoms. The molecule has 0 atom stereocenters. The number of ether oxygens (including phenoxy) is 1. The Kier molecular flexibility index (Phi) is 19.2. The standard InChI is InChI=1S/C55H50N2O4S4.C11H24/c1-34(2)54(58)60-27-17-11-9-7-5-6-8-10-16-26-56-42-20-14-12-18-38(42)40-28-36(22-24-43(40)56)46-30-48-50(62-46)32-52(64-48)53-33-51-49(65-53)31-47(63-51)37-23-25-45-41(29-37)39-19-13-15-21-44(39)57(45)61-55(59)35(3)4;1-3-5-7-9-11-10-8-6-4-2/h12-15,18-25,28-33H,1,3,5-11,16-17,26-27H2,2,4H3;3-11H2,1-2H3. The molecule has 0 unspecified atom stereocenters. The summed E-state index contributed by atoms with van der Waals surface area (Å²) in [5.74, 6) is -0.723. The molecule has 0 aliphatic heterocycles. The van der Waals surface area contributed by atoms with Crippen LogP contribution in [0.4, 0.5) is 0 Å². The number of benzene rings is 4. The molecule has 0 amide bonds. The number of aromatic nitrogens is 2. The van der Waals surface area contributed by atoms with Crippen LogP contribution in [0, 0.1) is 0 Å². The van der Waals surface area contributed by atoms with Gasteiger partial charge in [-0.15, -0.1) is 45.3 Å². The van der Waals surface area contributed by atoms with Gasteiger partial charge in [0, 0.05) is 88.6 Å². The molecule has 0 radical (unpaired) electrons. The Balaban J connectivity index is 0.000000578. The van der Waals surface area contributed by atoms with Crippen LogP contribution in [-0.2, 0) is 20.9 Å². The smallest absolute Gasteiger partial charge is 0.358 e. The minimum atomic E-state index is -0.443. The number of hydrogen-bond donors (Lipinski definition) is 0. The van der Waals surface area contributed by atoms with E-state index in [1.165, 1.54) is 168 Å². The van der Waals surface area contributed by atoms with E-state index in [1.54, 1.807) is 18.6 Å². The molecule has 0 fully saturated rings. The van der Waals surface area contributed by atoms with Gasteiger partial charge in [-0.3, -0.25) is 0 Å². The third-order valence-electron chi connectivity index (χ3n) is 14.5. The van der Waals surface area contributed by atoms with Gasteiger partial charge in [0.25, 0.3) is 0 Å². The third-order valence-corrected chi connectivity index (χ3v) is 19.3. The van der Waals surface area contributed by atoms with Crippen molar-refractivity contribution in [2.45, 2.75) is 150 Å². The monoisotopic (exact) mass is 1090 g/mol. The van der Waals surface area contributed by atoms with Crippen molar-refractivity contribution in [1.29, 1.82) is 0 Å². The number of carbonyl (C=O) groups is 2. The predicted molar refractivity (Wildman–Crippen MR) is 332 cm³/mol. The highest BCUT2D eigenvalue weighted by Gasteiger charge is 2.19. The SMILES string of the molecule is C=C(C)C(=O)OCCCCCCCCCCCn1c2ccccc2c2cc(-c3cc4sc(-c5cc6sc(-c7ccc8c(c7)c7ccccc7n8OC(=O)C(=C)C)cc6s5)cc4s3)ccc21.CCCCCCCCCCC. The largest absolute Gasteiger partial charge is 0.462 e. The second kappa shape index (κ2) is 26.5.